The number of amides is 1. The van der Waals surface area contributed by atoms with Crippen molar-refractivity contribution >= 4 is 17.7 Å². The Kier molecular flexibility index (Phi) is 5.52. The standard InChI is InChI=1S/C21H24N4O2S/c1-15-8-6-9-16(2)24(15)19(26)14-28-21-23-22-20(18-12-7-13-27-18)25(21)17-10-4-3-5-11-17/h3-5,7,10-13,15-16H,6,8-9,14H2,1-2H3/t15-,16+. The molecule has 0 radical (unpaired) electrons. The SMILES string of the molecule is C[C@@H]1CCC[C@H](C)N1C(=O)CSc1nnc(-c2ccco2)n1-c1ccccc1. The van der Waals surface area contributed by atoms with E-state index in [4.69, 9.17) is 4.42 Å². The van der Waals surface area contributed by atoms with Crippen molar-refractivity contribution in [3.05, 3.63) is 48.7 Å². The van der Waals surface area contributed by atoms with Gasteiger partial charge in [-0.15, -0.1) is 10.2 Å². The average molecular weight is 397 g/mol. The zero-order valence-corrected chi connectivity index (χ0v) is 16.9. The quantitative estimate of drug-likeness (QED) is 0.598. The van der Waals surface area contributed by atoms with Crippen LogP contribution in [0.2, 0.25) is 0 Å². The highest BCUT2D eigenvalue weighted by Crippen LogP contribution is 2.29. The van der Waals surface area contributed by atoms with E-state index in [1.165, 1.54) is 18.2 Å². The van der Waals surface area contributed by atoms with E-state index in [1.807, 2.05) is 51.9 Å². The number of thioether (sulfide) groups is 1. The summed E-state index contributed by atoms with van der Waals surface area (Å²) >= 11 is 1.42. The molecule has 1 aliphatic heterocycles. The number of rotatable bonds is 5. The third-order valence-electron chi connectivity index (χ3n) is 5.20. The first-order valence-corrected chi connectivity index (χ1v) is 10.6. The van der Waals surface area contributed by atoms with E-state index in [9.17, 15) is 4.79 Å². The summed E-state index contributed by atoms with van der Waals surface area (Å²) in [7, 11) is 0. The van der Waals surface area contributed by atoms with E-state index >= 15 is 0 Å². The lowest BCUT2D eigenvalue weighted by Gasteiger charge is -2.39. The van der Waals surface area contributed by atoms with Crippen LogP contribution in [0, 0.1) is 0 Å². The van der Waals surface area contributed by atoms with Gasteiger partial charge in [0.25, 0.3) is 0 Å². The first kappa shape index (κ1) is 18.8. The van der Waals surface area contributed by atoms with Crippen molar-refractivity contribution in [3.63, 3.8) is 0 Å². The molecule has 7 heteroatoms. The number of aromatic nitrogens is 3. The van der Waals surface area contributed by atoms with Crippen molar-refractivity contribution in [1.29, 1.82) is 0 Å². The predicted molar refractivity (Wildman–Crippen MR) is 109 cm³/mol. The van der Waals surface area contributed by atoms with E-state index in [2.05, 4.69) is 24.0 Å². The Labute approximate surface area is 168 Å². The van der Waals surface area contributed by atoms with Gasteiger partial charge in [-0.05, 0) is 57.4 Å². The van der Waals surface area contributed by atoms with Gasteiger partial charge in [0.05, 0.1) is 12.0 Å². The van der Waals surface area contributed by atoms with Gasteiger partial charge >= 0.3 is 0 Å². The average Bonchev–Trinajstić information content (AvgIpc) is 3.36. The monoisotopic (exact) mass is 396 g/mol. The third-order valence-corrected chi connectivity index (χ3v) is 6.11. The number of likely N-dealkylation sites (tertiary alicyclic amines) is 1. The molecule has 1 aliphatic rings. The summed E-state index contributed by atoms with van der Waals surface area (Å²) < 4.78 is 7.48. The van der Waals surface area contributed by atoms with E-state index in [0.717, 1.165) is 18.5 Å². The second-order valence-corrected chi connectivity index (χ2v) is 8.12. The molecule has 0 unspecified atom stereocenters. The Morgan fingerprint density at radius 1 is 1.11 bits per heavy atom. The van der Waals surface area contributed by atoms with Gasteiger partial charge < -0.3 is 9.32 Å². The summed E-state index contributed by atoms with van der Waals surface area (Å²) in [5.74, 6) is 1.78. The first-order chi connectivity index (χ1) is 13.6. The van der Waals surface area contributed by atoms with Crippen molar-refractivity contribution in [1.82, 2.24) is 19.7 Å². The van der Waals surface area contributed by atoms with Gasteiger partial charge in [-0.3, -0.25) is 9.36 Å². The van der Waals surface area contributed by atoms with Crippen molar-refractivity contribution in [2.75, 3.05) is 5.75 Å². The fourth-order valence-corrected chi connectivity index (χ4v) is 4.67. The Hall–Kier alpha value is -2.54. The van der Waals surface area contributed by atoms with E-state index in [0.29, 0.717) is 34.6 Å². The number of piperidine rings is 1. The number of furan rings is 1. The predicted octanol–water partition coefficient (Wildman–Crippen LogP) is 4.41. The minimum atomic E-state index is 0.159. The zero-order valence-electron chi connectivity index (χ0n) is 16.1. The van der Waals surface area contributed by atoms with Crippen LogP contribution >= 0.6 is 11.8 Å². The lowest BCUT2D eigenvalue weighted by atomic mass is 9.98. The maximum absolute atomic E-state index is 12.9. The molecule has 0 spiro atoms. The fraction of sp³-hybridized carbons (Fsp3) is 0.381. The highest BCUT2D eigenvalue weighted by atomic mass is 32.2. The Morgan fingerprint density at radius 2 is 1.86 bits per heavy atom. The van der Waals surface area contributed by atoms with Crippen LogP contribution in [0.5, 0.6) is 0 Å². The molecule has 1 fully saturated rings. The summed E-state index contributed by atoms with van der Waals surface area (Å²) in [5, 5.41) is 9.36. The molecule has 6 nitrogen and oxygen atoms in total. The van der Waals surface area contributed by atoms with Gasteiger partial charge in [-0.2, -0.15) is 0 Å². The van der Waals surface area contributed by atoms with Crippen LogP contribution in [0.25, 0.3) is 17.3 Å². The molecule has 2 aromatic heterocycles. The Morgan fingerprint density at radius 3 is 2.54 bits per heavy atom. The molecule has 0 N–H and O–H groups in total. The molecular weight excluding hydrogens is 372 g/mol. The molecule has 4 rings (SSSR count). The summed E-state index contributed by atoms with van der Waals surface area (Å²) in [6.45, 7) is 4.28. The number of hydrogen-bond acceptors (Lipinski definition) is 5. The molecular formula is C21H24N4O2S. The van der Waals surface area contributed by atoms with Gasteiger partial charge in [0.2, 0.25) is 11.7 Å². The van der Waals surface area contributed by atoms with Crippen LogP contribution in [-0.2, 0) is 4.79 Å². The second kappa shape index (κ2) is 8.22. The van der Waals surface area contributed by atoms with Crippen LogP contribution in [0.3, 0.4) is 0 Å². The van der Waals surface area contributed by atoms with Gasteiger partial charge in [-0.25, -0.2) is 0 Å². The zero-order chi connectivity index (χ0) is 19.5. The fourth-order valence-electron chi connectivity index (χ4n) is 3.85. The molecule has 3 heterocycles. The molecule has 1 saturated heterocycles. The number of carbonyl (C=O) groups is 1. The summed E-state index contributed by atoms with van der Waals surface area (Å²) in [5.41, 5.74) is 0.938. The lowest BCUT2D eigenvalue weighted by Crippen LogP contribution is -2.48. The van der Waals surface area contributed by atoms with E-state index in [-0.39, 0.29) is 5.91 Å². The lowest BCUT2D eigenvalue weighted by molar-refractivity contribution is -0.134. The number of nitrogens with zero attached hydrogens (tertiary/aromatic N) is 4. The molecule has 2 atom stereocenters. The van der Waals surface area contributed by atoms with Crippen LogP contribution in [0.4, 0.5) is 0 Å². The van der Waals surface area contributed by atoms with Crippen LogP contribution in [0.15, 0.2) is 58.3 Å². The highest BCUT2D eigenvalue weighted by molar-refractivity contribution is 7.99. The van der Waals surface area contributed by atoms with Gasteiger partial charge in [-0.1, -0.05) is 30.0 Å². The Balaban J connectivity index is 1.59. The molecule has 0 saturated carbocycles. The van der Waals surface area contributed by atoms with Crippen molar-refractivity contribution in [2.24, 2.45) is 0 Å². The molecule has 1 aromatic carbocycles. The van der Waals surface area contributed by atoms with Gasteiger partial charge in [0, 0.05) is 17.8 Å². The minimum Gasteiger partial charge on any atom is -0.461 e. The molecule has 0 bridgehead atoms. The van der Waals surface area contributed by atoms with E-state index in [1.54, 1.807) is 6.26 Å². The largest absolute Gasteiger partial charge is 0.461 e. The molecule has 28 heavy (non-hydrogen) atoms. The summed E-state index contributed by atoms with van der Waals surface area (Å²) in [4.78, 5) is 14.9. The number of carbonyl (C=O) groups excluding carboxylic acids is 1. The van der Waals surface area contributed by atoms with Crippen LogP contribution < -0.4 is 0 Å². The number of para-hydroxylation sites is 1. The third kappa shape index (κ3) is 3.71. The number of hydrogen-bond donors (Lipinski definition) is 0. The van der Waals surface area contributed by atoms with Crippen molar-refractivity contribution in [3.8, 4) is 17.3 Å². The molecule has 1 amide bonds. The Bertz CT molecular complexity index is 913. The first-order valence-electron chi connectivity index (χ1n) is 9.64. The smallest absolute Gasteiger partial charge is 0.233 e. The molecule has 0 aliphatic carbocycles. The number of benzene rings is 1. The maximum atomic E-state index is 12.9. The van der Waals surface area contributed by atoms with Crippen LogP contribution in [0.1, 0.15) is 33.1 Å². The van der Waals surface area contributed by atoms with Crippen molar-refractivity contribution in [2.45, 2.75) is 50.4 Å². The van der Waals surface area contributed by atoms with Gasteiger partial charge in [0.15, 0.2) is 10.9 Å². The normalized spacial score (nSPS) is 19.7. The minimum absolute atomic E-state index is 0.159. The van der Waals surface area contributed by atoms with Crippen LogP contribution in [-0.4, -0.2) is 43.4 Å². The second-order valence-electron chi connectivity index (χ2n) is 7.17. The van der Waals surface area contributed by atoms with Crippen molar-refractivity contribution < 1.29 is 9.21 Å². The van der Waals surface area contributed by atoms with E-state index < -0.39 is 0 Å². The highest BCUT2D eigenvalue weighted by Gasteiger charge is 2.29. The van der Waals surface area contributed by atoms with Gasteiger partial charge in [0.1, 0.15) is 0 Å². The topological polar surface area (TPSA) is 64.2 Å². The molecule has 3 aromatic rings. The summed E-state index contributed by atoms with van der Waals surface area (Å²) in [6, 6.07) is 14.2. The molecule has 146 valence electrons. The maximum Gasteiger partial charge on any atom is 0.233 e. The summed E-state index contributed by atoms with van der Waals surface area (Å²) in [6.07, 6.45) is 4.95.